The van der Waals surface area contributed by atoms with Crippen LogP contribution in [0.1, 0.15) is 56.6 Å². The van der Waals surface area contributed by atoms with E-state index in [0.29, 0.717) is 41.7 Å². The van der Waals surface area contributed by atoms with Crippen LogP contribution in [-0.4, -0.2) is 65.6 Å². The molecule has 202 valence electrons. The Morgan fingerprint density at radius 1 is 1.08 bits per heavy atom. The zero-order valence-electron chi connectivity index (χ0n) is 22.1. The summed E-state index contributed by atoms with van der Waals surface area (Å²) in [5, 5.41) is 7.04. The molecule has 2 aliphatic carbocycles. The number of hydrogen-bond donors (Lipinski definition) is 2. The van der Waals surface area contributed by atoms with Gasteiger partial charge in [-0.05, 0) is 55.6 Å². The molecule has 2 N–H and O–H groups in total. The number of carbonyl (C=O) groups is 2. The van der Waals surface area contributed by atoms with Gasteiger partial charge in [0.25, 0.3) is 0 Å². The van der Waals surface area contributed by atoms with E-state index in [1.165, 1.54) is 0 Å². The normalized spacial score (nSPS) is 20.4. The quantitative estimate of drug-likeness (QED) is 0.463. The SMILES string of the molecule is COc1ccc(NC(=O)C2(N(C(=O)CN3CC(c4ccccc4)NC3=S)C3CC3)CCCCC2)c(OC)c1. The molecule has 2 aromatic rings. The molecule has 3 fully saturated rings. The maximum atomic E-state index is 14.1. The van der Waals surface area contributed by atoms with E-state index in [0.717, 1.165) is 37.7 Å². The fraction of sp³-hybridized carbons (Fsp3) is 0.483. The molecular formula is C29H36N4O4S. The molecule has 9 heteroatoms. The van der Waals surface area contributed by atoms with Crippen molar-refractivity contribution in [1.82, 2.24) is 15.1 Å². The number of methoxy groups -OCH3 is 2. The van der Waals surface area contributed by atoms with Crippen LogP contribution in [0.2, 0.25) is 0 Å². The zero-order valence-corrected chi connectivity index (χ0v) is 22.9. The lowest BCUT2D eigenvalue weighted by Gasteiger charge is -2.46. The zero-order chi connectivity index (χ0) is 26.7. The summed E-state index contributed by atoms with van der Waals surface area (Å²) in [6.07, 6.45) is 6.01. The standard InChI is InChI=1S/C29H36N4O4S/c1-36-22-13-14-23(25(17-22)37-2)30-27(35)29(15-7-4-8-16-29)33(21-11-12-21)26(34)19-32-18-24(31-28(32)38)20-9-5-3-6-10-20/h3,5-6,9-10,13-14,17,21,24H,4,7-8,11-12,15-16,18-19H2,1-2H3,(H,30,35)(H,31,38). The van der Waals surface area contributed by atoms with Crippen molar-refractivity contribution in [3.05, 3.63) is 54.1 Å². The highest BCUT2D eigenvalue weighted by Crippen LogP contribution is 2.43. The van der Waals surface area contributed by atoms with E-state index in [2.05, 4.69) is 22.8 Å². The van der Waals surface area contributed by atoms with Crippen LogP contribution in [-0.2, 0) is 9.59 Å². The lowest BCUT2D eigenvalue weighted by Crippen LogP contribution is -2.62. The first-order valence-corrected chi connectivity index (χ1v) is 13.8. The summed E-state index contributed by atoms with van der Waals surface area (Å²) in [7, 11) is 3.16. The summed E-state index contributed by atoms with van der Waals surface area (Å²) in [6.45, 7) is 0.780. The van der Waals surface area contributed by atoms with Crippen molar-refractivity contribution in [2.45, 2.75) is 62.6 Å². The van der Waals surface area contributed by atoms with Crippen molar-refractivity contribution >= 4 is 34.8 Å². The van der Waals surface area contributed by atoms with Gasteiger partial charge < -0.3 is 29.9 Å². The maximum absolute atomic E-state index is 14.1. The molecule has 1 saturated heterocycles. The third-order valence-electron chi connectivity index (χ3n) is 7.92. The van der Waals surface area contributed by atoms with E-state index < -0.39 is 5.54 Å². The number of ether oxygens (including phenoxy) is 2. The van der Waals surface area contributed by atoms with Gasteiger partial charge in [0, 0.05) is 18.7 Å². The Labute approximate surface area is 229 Å². The fourth-order valence-corrected chi connectivity index (χ4v) is 6.10. The Morgan fingerprint density at radius 2 is 1.82 bits per heavy atom. The van der Waals surface area contributed by atoms with E-state index >= 15 is 0 Å². The van der Waals surface area contributed by atoms with Crippen molar-refractivity contribution in [3.8, 4) is 11.5 Å². The Kier molecular flexibility index (Phi) is 7.74. The van der Waals surface area contributed by atoms with Gasteiger partial charge >= 0.3 is 0 Å². The van der Waals surface area contributed by atoms with Gasteiger partial charge in [0.15, 0.2) is 5.11 Å². The summed E-state index contributed by atoms with van der Waals surface area (Å²) in [6, 6.07) is 15.6. The van der Waals surface area contributed by atoms with Crippen LogP contribution in [0.5, 0.6) is 11.5 Å². The molecule has 3 aliphatic rings. The second kappa shape index (κ2) is 11.2. The molecule has 38 heavy (non-hydrogen) atoms. The summed E-state index contributed by atoms with van der Waals surface area (Å²) in [5.41, 5.74) is 0.817. The Morgan fingerprint density at radius 3 is 2.47 bits per heavy atom. The first-order valence-electron chi connectivity index (χ1n) is 13.4. The molecule has 2 aromatic carbocycles. The topological polar surface area (TPSA) is 83.1 Å². The molecule has 2 saturated carbocycles. The van der Waals surface area contributed by atoms with Gasteiger partial charge in [0.05, 0.1) is 32.5 Å². The maximum Gasteiger partial charge on any atom is 0.250 e. The van der Waals surface area contributed by atoms with Crippen LogP contribution >= 0.6 is 12.2 Å². The molecule has 1 atom stereocenters. The summed E-state index contributed by atoms with van der Waals surface area (Å²) in [4.78, 5) is 31.9. The second-order valence-electron chi connectivity index (χ2n) is 10.4. The molecule has 0 spiro atoms. The van der Waals surface area contributed by atoms with Crippen molar-refractivity contribution in [2.75, 3.05) is 32.6 Å². The average Bonchev–Trinajstić information content (AvgIpc) is 3.71. The van der Waals surface area contributed by atoms with Gasteiger partial charge in [-0.2, -0.15) is 0 Å². The van der Waals surface area contributed by atoms with Crippen LogP contribution in [0.25, 0.3) is 0 Å². The molecule has 5 rings (SSSR count). The minimum atomic E-state index is -0.894. The van der Waals surface area contributed by atoms with Gasteiger partial charge in [0.2, 0.25) is 11.8 Å². The van der Waals surface area contributed by atoms with Gasteiger partial charge in [0.1, 0.15) is 17.0 Å². The highest BCUT2D eigenvalue weighted by Gasteiger charge is 2.52. The van der Waals surface area contributed by atoms with Crippen LogP contribution in [0.4, 0.5) is 5.69 Å². The van der Waals surface area contributed by atoms with Crippen LogP contribution in [0.15, 0.2) is 48.5 Å². The van der Waals surface area contributed by atoms with Crippen molar-refractivity contribution in [2.24, 2.45) is 0 Å². The van der Waals surface area contributed by atoms with Gasteiger partial charge in [-0.1, -0.05) is 49.6 Å². The van der Waals surface area contributed by atoms with Crippen LogP contribution in [0.3, 0.4) is 0 Å². The Balaban J connectivity index is 1.37. The predicted octanol–water partition coefficient (Wildman–Crippen LogP) is 4.27. The van der Waals surface area contributed by atoms with Crippen LogP contribution in [0, 0.1) is 0 Å². The summed E-state index contributed by atoms with van der Waals surface area (Å²) < 4.78 is 10.8. The summed E-state index contributed by atoms with van der Waals surface area (Å²) in [5.74, 6) is 0.980. The number of anilines is 1. The molecule has 8 nitrogen and oxygen atoms in total. The molecule has 0 aromatic heterocycles. The van der Waals surface area contributed by atoms with Crippen molar-refractivity contribution in [3.63, 3.8) is 0 Å². The first-order chi connectivity index (χ1) is 18.4. The average molecular weight is 537 g/mol. The van der Waals surface area contributed by atoms with Crippen molar-refractivity contribution in [1.29, 1.82) is 0 Å². The highest BCUT2D eigenvalue weighted by molar-refractivity contribution is 7.80. The molecule has 2 amide bonds. The Hall–Kier alpha value is -3.33. The van der Waals surface area contributed by atoms with E-state index in [-0.39, 0.29) is 30.4 Å². The predicted molar refractivity (Wildman–Crippen MR) is 150 cm³/mol. The molecular weight excluding hydrogens is 500 g/mol. The molecule has 1 aliphatic heterocycles. The molecule has 0 bridgehead atoms. The second-order valence-corrected chi connectivity index (χ2v) is 10.8. The van der Waals surface area contributed by atoms with Gasteiger partial charge in [-0.15, -0.1) is 0 Å². The van der Waals surface area contributed by atoms with E-state index in [1.807, 2.05) is 28.0 Å². The molecule has 0 radical (unpaired) electrons. The smallest absolute Gasteiger partial charge is 0.250 e. The lowest BCUT2D eigenvalue weighted by atomic mass is 9.79. The number of nitrogens with one attached hydrogen (secondary N) is 2. The van der Waals surface area contributed by atoms with Crippen molar-refractivity contribution < 1.29 is 19.1 Å². The van der Waals surface area contributed by atoms with Gasteiger partial charge in [-0.25, -0.2) is 0 Å². The van der Waals surface area contributed by atoms with E-state index in [9.17, 15) is 9.59 Å². The number of benzene rings is 2. The largest absolute Gasteiger partial charge is 0.497 e. The van der Waals surface area contributed by atoms with Gasteiger partial charge in [-0.3, -0.25) is 9.59 Å². The Bertz CT molecular complexity index is 1180. The number of nitrogens with zero attached hydrogens (tertiary/aromatic N) is 2. The monoisotopic (exact) mass is 536 g/mol. The molecule has 1 unspecified atom stereocenters. The molecule has 1 heterocycles. The number of carbonyl (C=O) groups excluding carboxylic acids is 2. The summed E-state index contributed by atoms with van der Waals surface area (Å²) >= 11 is 5.62. The minimum absolute atomic E-state index is 0.0379. The lowest BCUT2D eigenvalue weighted by molar-refractivity contribution is -0.149. The third kappa shape index (κ3) is 5.29. The first kappa shape index (κ1) is 26.3. The van der Waals surface area contributed by atoms with E-state index in [1.54, 1.807) is 32.4 Å². The minimum Gasteiger partial charge on any atom is -0.497 e. The van der Waals surface area contributed by atoms with E-state index in [4.69, 9.17) is 21.7 Å². The number of rotatable bonds is 9. The third-order valence-corrected chi connectivity index (χ3v) is 8.29. The number of thiocarbonyl (C=S) groups is 1. The number of amides is 2. The highest BCUT2D eigenvalue weighted by atomic mass is 32.1. The number of hydrogen-bond acceptors (Lipinski definition) is 5. The van der Waals surface area contributed by atoms with Crippen LogP contribution < -0.4 is 20.1 Å². The fourth-order valence-electron chi connectivity index (χ4n) is 5.82.